The zero-order valence-electron chi connectivity index (χ0n) is 10.7. The average molecular weight is 297 g/mol. The normalized spacial score (nSPS) is 10.8. The smallest absolute Gasteiger partial charge is 0.163 e. The minimum Gasteiger partial charge on any atom is -0.294 e. The molecule has 0 saturated carbocycles. The summed E-state index contributed by atoms with van der Waals surface area (Å²) in [6.07, 6.45) is 3.95. The van der Waals surface area contributed by atoms with Gasteiger partial charge in [0.25, 0.3) is 0 Å². The van der Waals surface area contributed by atoms with E-state index in [2.05, 4.69) is 35.8 Å². The number of unbranched alkanes of at least 4 members (excludes halogenated alkanes) is 2. The van der Waals surface area contributed by atoms with Crippen LogP contribution in [-0.4, -0.2) is 11.1 Å². The number of Topliss-reactive ketones (excluding diaryl/α,β-unsaturated/α-hetero) is 1. The number of carbonyl (C=O) groups excluding carboxylic acids is 1. The Morgan fingerprint density at radius 3 is 2.53 bits per heavy atom. The van der Waals surface area contributed by atoms with Gasteiger partial charge in [0.15, 0.2) is 5.78 Å². The van der Waals surface area contributed by atoms with Gasteiger partial charge >= 0.3 is 0 Å². The van der Waals surface area contributed by atoms with E-state index in [9.17, 15) is 4.79 Å². The molecular formula is C15H21BrO. The van der Waals surface area contributed by atoms with Crippen molar-refractivity contribution in [1.29, 1.82) is 0 Å². The summed E-state index contributed by atoms with van der Waals surface area (Å²) in [5.41, 5.74) is 2.10. The molecule has 94 valence electrons. The Hall–Kier alpha value is -0.630. The number of carbonyl (C=O) groups is 1. The van der Waals surface area contributed by atoms with Crippen molar-refractivity contribution in [2.45, 2.75) is 45.4 Å². The molecule has 0 aromatic heterocycles. The lowest BCUT2D eigenvalue weighted by Gasteiger charge is -2.11. The number of alkyl halides is 1. The number of rotatable bonds is 7. The first kappa shape index (κ1) is 14.4. The summed E-state index contributed by atoms with van der Waals surface area (Å²) in [4.78, 5) is 12.1. The van der Waals surface area contributed by atoms with Crippen LogP contribution in [0.25, 0.3) is 0 Å². The van der Waals surface area contributed by atoms with Gasteiger partial charge in [-0.15, -0.1) is 0 Å². The van der Waals surface area contributed by atoms with E-state index in [0.29, 0.717) is 18.1 Å². The van der Waals surface area contributed by atoms with Gasteiger partial charge in [0, 0.05) is 17.3 Å². The van der Waals surface area contributed by atoms with Crippen LogP contribution in [0.3, 0.4) is 0 Å². The van der Waals surface area contributed by atoms with Crippen LogP contribution in [0.15, 0.2) is 24.3 Å². The highest BCUT2D eigenvalue weighted by atomic mass is 79.9. The molecular weight excluding hydrogens is 276 g/mol. The monoisotopic (exact) mass is 296 g/mol. The second kappa shape index (κ2) is 7.65. The van der Waals surface area contributed by atoms with Crippen molar-refractivity contribution in [3.05, 3.63) is 35.4 Å². The molecule has 0 heterocycles. The summed E-state index contributed by atoms with van der Waals surface area (Å²) >= 11 is 3.41. The molecule has 0 aliphatic heterocycles. The molecule has 0 N–H and O–H groups in total. The van der Waals surface area contributed by atoms with Gasteiger partial charge in [0.05, 0.1) is 0 Å². The first-order chi connectivity index (χ1) is 8.16. The number of ketones is 1. The lowest BCUT2D eigenvalue weighted by Crippen LogP contribution is -2.04. The molecule has 0 aliphatic carbocycles. The molecule has 17 heavy (non-hydrogen) atoms. The van der Waals surface area contributed by atoms with Crippen molar-refractivity contribution < 1.29 is 4.79 Å². The van der Waals surface area contributed by atoms with E-state index in [1.54, 1.807) is 0 Å². The van der Waals surface area contributed by atoms with Crippen molar-refractivity contribution in [2.24, 2.45) is 0 Å². The van der Waals surface area contributed by atoms with E-state index < -0.39 is 0 Å². The molecule has 0 fully saturated rings. The number of benzene rings is 1. The van der Waals surface area contributed by atoms with E-state index in [0.717, 1.165) is 30.2 Å². The second-order valence-corrected chi connectivity index (χ2v) is 5.46. The summed E-state index contributed by atoms with van der Waals surface area (Å²) < 4.78 is 0. The fourth-order valence-electron chi connectivity index (χ4n) is 1.95. The third-order valence-corrected chi connectivity index (χ3v) is 3.48. The maximum Gasteiger partial charge on any atom is 0.163 e. The quantitative estimate of drug-likeness (QED) is 0.395. The zero-order chi connectivity index (χ0) is 12.7. The maximum absolute atomic E-state index is 12.1. The van der Waals surface area contributed by atoms with E-state index >= 15 is 0 Å². The van der Waals surface area contributed by atoms with Crippen molar-refractivity contribution in [2.75, 3.05) is 5.33 Å². The summed E-state index contributed by atoms with van der Waals surface area (Å²) in [5, 5.41) is 1.03. The van der Waals surface area contributed by atoms with Crippen LogP contribution in [0.5, 0.6) is 0 Å². The Labute approximate surface area is 113 Å². The van der Waals surface area contributed by atoms with Gasteiger partial charge in [-0.05, 0) is 24.3 Å². The van der Waals surface area contributed by atoms with Gasteiger partial charge in [0.1, 0.15) is 0 Å². The third kappa shape index (κ3) is 4.63. The molecule has 0 unspecified atom stereocenters. The Bertz CT molecular complexity index is 358. The van der Waals surface area contributed by atoms with E-state index in [1.165, 1.54) is 5.56 Å². The SMILES string of the molecule is CC(C)c1ccccc1C(=O)CCCCCBr. The second-order valence-electron chi connectivity index (χ2n) is 4.66. The largest absolute Gasteiger partial charge is 0.294 e. The Morgan fingerprint density at radius 2 is 1.88 bits per heavy atom. The van der Waals surface area contributed by atoms with E-state index in [1.807, 2.05) is 18.2 Å². The van der Waals surface area contributed by atoms with Crippen LogP contribution < -0.4 is 0 Å². The van der Waals surface area contributed by atoms with Gasteiger partial charge in [0.2, 0.25) is 0 Å². The van der Waals surface area contributed by atoms with Crippen LogP contribution in [0.4, 0.5) is 0 Å². The first-order valence-electron chi connectivity index (χ1n) is 6.35. The molecule has 2 heteroatoms. The van der Waals surface area contributed by atoms with Crippen LogP contribution >= 0.6 is 15.9 Å². The van der Waals surface area contributed by atoms with Crippen molar-refractivity contribution in [3.63, 3.8) is 0 Å². The third-order valence-electron chi connectivity index (χ3n) is 2.92. The molecule has 0 bridgehead atoms. The average Bonchev–Trinajstić information content (AvgIpc) is 2.34. The zero-order valence-corrected chi connectivity index (χ0v) is 12.3. The van der Waals surface area contributed by atoms with Gasteiger partial charge < -0.3 is 0 Å². The topological polar surface area (TPSA) is 17.1 Å². The van der Waals surface area contributed by atoms with Crippen molar-refractivity contribution in [1.82, 2.24) is 0 Å². The van der Waals surface area contributed by atoms with Crippen LogP contribution in [0.2, 0.25) is 0 Å². The van der Waals surface area contributed by atoms with Gasteiger partial charge in [-0.25, -0.2) is 0 Å². The summed E-state index contributed by atoms with van der Waals surface area (Å²) in [6.45, 7) is 4.27. The summed E-state index contributed by atoms with van der Waals surface area (Å²) in [7, 11) is 0. The lowest BCUT2D eigenvalue weighted by molar-refractivity contribution is 0.0978. The first-order valence-corrected chi connectivity index (χ1v) is 7.47. The molecule has 0 saturated heterocycles. The van der Waals surface area contributed by atoms with Gasteiger partial charge in [-0.1, -0.05) is 60.5 Å². The fraction of sp³-hybridized carbons (Fsp3) is 0.533. The summed E-state index contributed by atoms with van der Waals surface area (Å²) in [5.74, 6) is 0.710. The predicted octanol–water partition coefficient (Wildman–Crippen LogP) is 4.95. The molecule has 0 spiro atoms. The lowest BCUT2D eigenvalue weighted by atomic mass is 9.93. The van der Waals surface area contributed by atoms with Gasteiger partial charge in [-0.2, -0.15) is 0 Å². The highest BCUT2D eigenvalue weighted by Gasteiger charge is 2.12. The minimum absolute atomic E-state index is 0.295. The molecule has 0 amide bonds. The molecule has 0 aliphatic rings. The predicted molar refractivity (Wildman–Crippen MR) is 77.1 cm³/mol. The molecule has 1 nitrogen and oxygen atoms in total. The molecule has 1 rings (SSSR count). The molecule has 1 aromatic carbocycles. The molecule has 1 aromatic rings. The highest BCUT2D eigenvalue weighted by molar-refractivity contribution is 9.09. The van der Waals surface area contributed by atoms with Crippen LogP contribution in [-0.2, 0) is 0 Å². The molecule has 0 atom stereocenters. The number of halogens is 1. The minimum atomic E-state index is 0.295. The fourth-order valence-corrected chi connectivity index (χ4v) is 2.34. The van der Waals surface area contributed by atoms with Crippen molar-refractivity contribution >= 4 is 21.7 Å². The number of hydrogen-bond donors (Lipinski definition) is 0. The van der Waals surface area contributed by atoms with E-state index in [-0.39, 0.29) is 0 Å². The number of hydrogen-bond acceptors (Lipinski definition) is 1. The summed E-state index contributed by atoms with van der Waals surface area (Å²) in [6, 6.07) is 7.99. The molecule has 0 radical (unpaired) electrons. The van der Waals surface area contributed by atoms with E-state index in [4.69, 9.17) is 0 Å². The van der Waals surface area contributed by atoms with Crippen molar-refractivity contribution in [3.8, 4) is 0 Å². The Kier molecular flexibility index (Phi) is 6.49. The standard InChI is InChI=1S/C15H21BrO/c1-12(2)13-8-5-6-9-14(13)15(17)10-4-3-7-11-16/h5-6,8-9,12H,3-4,7,10-11H2,1-2H3. The van der Waals surface area contributed by atoms with Crippen LogP contribution in [0, 0.1) is 0 Å². The Balaban J connectivity index is 2.62. The highest BCUT2D eigenvalue weighted by Crippen LogP contribution is 2.21. The Morgan fingerprint density at radius 1 is 1.18 bits per heavy atom. The maximum atomic E-state index is 12.1. The van der Waals surface area contributed by atoms with Crippen LogP contribution in [0.1, 0.15) is 61.4 Å². The van der Waals surface area contributed by atoms with Gasteiger partial charge in [-0.3, -0.25) is 4.79 Å².